The lowest BCUT2D eigenvalue weighted by atomic mass is 10.2. The van der Waals surface area contributed by atoms with Gasteiger partial charge in [0.05, 0.1) is 10.2 Å². The van der Waals surface area contributed by atoms with Gasteiger partial charge < -0.3 is 0 Å². The van der Waals surface area contributed by atoms with Crippen LogP contribution in [0.2, 0.25) is 0 Å². The number of hydrogen-bond acceptors (Lipinski definition) is 3. The number of aromatic nitrogens is 1. The Balaban J connectivity index is 1.97. The maximum atomic E-state index is 13.1. The second kappa shape index (κ2) is 4.48. The maximum Gasteiger partial charge on any atom is 0.229 e. The van der Waals surface area contributed by atoms with E-state index in [2.05, 4.69) is 4.98 Å². The van der Waals surface area contributed by atoms with Crippen molar-refractivity contribution in [3.05, 3.63) is 24.0 Å². The minimum atomic E-state index is -0.314. The normalized spacial score (nSPS) is 20.0. The van der Waals surface area contributed by atoms with Crippen LogP contribution in [0.1, 0.15) is 6.42 Å². The average molecular weight is 285 g/mol. The van der Waals surface area contributed by atoms with E-state index < -0.39 is 0 Å². The summed E-state index contributed by atoms with van der Waals surface area (Å²) >= 11 is 7.18. The van der Waals surface area contributed by atoms with Crippen LogP contribution in [0.3, 0.4) is 0 Å². The van der Waals surface area contributed by atoms with Crippen LogP contribution in [0.15, 0.2) is 18.2 Å². The van der Waals surface area contributed by atoms with Crippen molar-refractivity contribution in [1.82, 2.24) is 4.98 Å². The van der Waals surface area contributed by atoms with Crippen molar-refractivity contribution in [2.24, 2.45) is 5.92 Å². The fourth-order valence-electron chi connectivity index (χ4n) is 2.07. The van der Waals surface area contributed by atoms with Crippen LogP contribution in [0.5, 0.6) is 0 Å². The number of carbonyl (C=O) groups is 1. The van der Waals surface area contributed by atoms with Gasteiger partial charge in [0.1, 0.15) is 5.82 Å². The molecule has 1 saturated heterocycles. The number of thiazole rings is 1. The molecule has 1 fully saturated rings. The minimum absolute atomic E-state index is 0.0418. The number of fused-ring (bicyclic) bond motifs is 1. The largest absolute Gasteiger partial charge is 0.288 e. The summed E-state index contributed by atoms with van der Waals surface area (Å²) < 4.78 is 14.0. The van der Waals surface area contributed by atoms with Gasteiger partial charge in [-0.1, -0.05) is 11.3 Å². The highest BCUT2D eigenvalue weighted by molar-refractivity contribution is 7.22. The minimum Gasteiger partial charge on any atom is -0.288 e. The van der Waals surface area contributed by atoms with Crippen LogP contribution in [0, 0.1) is 11.7 Å². The molecule has 2 heterocycles. The molecule has 0 radical (unpaired) electrons. The lowest BCUT2D eigenvalue weighted by Crippen LogP contribution is -2.24. The molecule has 0 bridgehead atoms. The number of alkyl halides is 1. The van der Waals surface area contributed by atoms with Gasteiger partial charge in [0.2, 0.25) is 5.91 Å². The van der Waals surface area contributed by atoms with Gasteiger partial charge in [0.15, 0.2) is 5.13 Å². The van der Waals surface area contributed by atoms with Gasteiger partial charge in [-0.15, -0.1) is 11.6 Å². The molecule has 1 aliphatic heterocycles. The highest BCUT2D eigenvalue weighted by Crippen LogP contribution is 2.33. The summed E-state index contributed by atoms with van der Waals surface area (Å²) in [4.78, 5) is 17.8. The monoisotopic (exact) mass is 284 g/mol. The Labute approximate surface area is 112 Å². The van der Waals surface area contributed by atoms with E-state index in [4.69, 9.17) is 11.6 Å². The third-order valence-corrected chi connectivity index (χ3v) is 4.49. The summed E-state index contributed by atoms with van der Waals surface area (Å²) in [5, 5.41) is 0.633. The van der Waals surface area contributed by atoms with Crippen LogP contribution in [0.25, 0.3) is 10.2 Å². The van der Waals surface area contributed by atoms with E-state index >= 15 is 0 Å². The van der Waals surface area contributed by atoms with E-state index in [1.165, 1.54) is 23.5 Å². The highest BCUT2D eigenvalue weighted by atomic mass is 35.5. The molecule has 3 rings (SSSR count). The first kappa shape index (κ1) is 11.9. The second-order valence-electron chi connectivity index (χ2n) is 4.34. The van der Waals surface area contributed by atoms with E-state index in [-0.39, 0.29) is 17.6 Å². The Morgan fingerprint density at radius 2 is 2.39 bits per heavy atom. The second-order valence-corrected chi connectivity index (χ2v) is 5.65. The SMILES string of the molecule is O=C1CC(CCl)CN1c1nc2cc(F)ccc2s1. The third-order valence-electron chi connectivity index (χ3n) is 2.99. The first-order valence-electron chi connectivity index (χ1n) is 5.60. The summed E-state index contributed by atoms with van der Waals surface area (Å²) in [6.45, 7) is 0.602. The fourth-order valence-corrected chi connectivity index (χ4v) is 3.25. The molecule has 1 aromatic heterocycles. The van der Waals surface area contributed by atoms with Gasteiger partial charge in [-0.25, -0.2) is 9.37 Å². The van der Waals surface area contributed by atoms with E-state index in [9.17, 15) is 9.18 Å². The van der Waals surface area contributed by atoms with Crippen molar-refractivity contribution in [2.45, 2.75) is 6.42 Å². The molecule has 1 aliphatic rings. The van der Waals surface area contributed by atoms with Crippen LogP contribution in [-0.2, 0) is 4.79 Å². The molecule has 1 aromatic carbocycles. The number of amides is 1. The number of rotatable bonds is 2. The summed E-state index contributed by atoms with van der Waals surface area (Å²) in [7, 11) is 0. The van der Waals surface area contributed by atoms with Crippen molar-refractivity contribution >= 4 is 44.2 Å². The van der Waals surface area contributed by atoms with Gasteiger partial charge >= 0.3 is 0 Å². The smallest absolute Gasteiger partial charge is 0.229 e. The Hall–Kier alpha value is -1.20. The van der Waals surface area contributed by atoms with Gasteiger partial charge in [0, 0.05) is 24.9 Å². The van der Waals surface area contributed by atoms with Crippen LogP contribution in [-0.4, -0.2) is 23.3 Å². The lowest BCUT2D eigenvalue weighted by molar-refractivity contribution is -0.117. The van der Waals surface area contributed by atoms with Gasteiger partial charge in [-0.05, 0) is 18.1 Å². The number of carbonyl (C=O) groups excluding carboxylic acids is 1. The lowest BCUT2D eigenvalue weighted by Gasteiger charge is -2.11. The summed E-state index contributed by atoms with van der Waals surface area (Å²) in [6.07, 6.45) is 0.466. The molecular weight excluding hydrogens is 275 g/mol. The Bertz CT molecular complexity index is 615. The molecule has 3 nitrogen and oxygen atoms in total. The maximum absolute atomic E-state index is 13.1. The molecule has 0 saturated carbocycles. The van der Waals surface area contributed by atoms with Gasteiger partial charge in [0.25, 0.3) is 0 Å². The average Bonchev–Trinajstić information content (AvgIpc) is 2.91. The summed E-state index contributed by atoms with van der Waals surface area (Å²) in [5.41, 5.74) is 0.595. The predicted octanol–water partition coefficient (Wildman–Crippen LogP) is 3.03. The van der Waals surface area contributed by atoms with Crippen LogP contribution < -0.4 is 4.90 Å². The first-order valence-corrected chi connectivity index (χ1v) is 6.95. The summed E-state index contributed by atoms with van der Waals surface area (Å²) in [6, 6.07) is 4.47. The predicted molar refractivity (Wildman–Crippen MR) is 70.8 cm³/mol. The van der Waals surface area contributed by atoms with E-state index in [0.29, 0.717) is 29.5 Å². The van der Waals surface area contributed by atoms with E-state index in [0.717, 1.165) is 4.70 Å². The Kier molecular flexibility index (Phi) is 2.95. The van der Waals surface area contributed by atoms with E-state index in [1.807, 2.05) is 0 Å². The molecule has 2 aromatic rings. The summed E-state index contributed by atoms with van der Waals surface area (Å²) in [5.74, 6) is 0.385. The van der Waals surface area contributed by atoms with Crippen molar-refractivity contribution in [1.29, 1.82) is 0 Å². The van der Waals surface area contributed by atoms with Crippen molar-refractivity contribution in [2.75, 3.05) is 17.3 Å². The van der Waals surface area contributed by atoms with Gasteiger partial charge in [-0.2, -0.15) is 0 Å². The molecule has 1 amide bonds. The molecule has 0 N–H and O–H groups in total. The molecule has 1 atom stereocenters. The number of nitrogens with zero attached hydrogens (tertiary/aromatic N) is 2. The number of benzene rings is 1. The molecule has 18 heavy (non-hydrogen) atoms. The molecular formula is C12H10ClFN2OS. The van der Waals surface area contributed by atoms with Crippen LogP contribution >= 0.6 is 22.9 Å². The zero-order chi connectivity index (χ0) is 12.7. The van der Waals surface area contributed by atoms with Crippen molar-refractivity contribution in [3.8, 4) is 0 Å². The highest BCUT2D eigenvalue weighted by Gasteiger charge is 2.31. The standard InChI is InChI=1S/C12H10ClFN2OS/c13-5-7-3-11(17)16(6-7)12-15-9-4-8(14)1-2-10(9)18-12/h1-2,4,7H,3,5-6H2. The first-order chi connectivity index (χ1) is 8.67. The number of anilines is 1. The van der Waals surface area contributed by atoms with Crippen molar-refractivity contribution in [3.63, 3.8) is 0 Å². The number of halogens is 2. The quantitative estimate of drug-likeness (QED) is 0.794. The molecule has 1 unspecified atom stereocenters. The molecule has 6 heteroatoms. The molecule has 0 spiro atoms. The number of hydrogen-bond donors (Lipinski definition) is 0. The van der Waals surface area contributed by atoms with Crippen LogP contribution in [0.4, 0.5) is 9.52 Å². The Morgan fingerprint density at radius 1 is 1.56 bits per heavy atom. The van der Waals surface area contributed by atoms with E-state index in [1.54, 1.807) is 11.0 Å². The topological polar surface area (TPSA) is 33.2 Å². The zero-order valence-electron chi connectivity index (χ0n) is 9.40. The van der Waals surface area contributed by atoms with Crippen molar-refractivity contribution < 1.29 is 9.18 Å². The molecule has 94 valence electrons. The molecule has 0 aliphatic carbocycles. The fraction of sp³-hybridized carbons (Fsp3) is 0.333. The Morgan fingerprint density at radius 3 is 3.11 bits per heavy atom. The zero-order valence-corrected chi connectivity index (χ0v) is 11.0. The third kappa shape index (κ3) is 1.97. The van der Waals surface area contributed by atoms with Gasteiger partial charge in [-0.3, -0.25) is 9.69 Å².